The van der Waals surface area contributed by atoms with Gasteiger partial charge in [0.05, 0.1) is 6.20 Å². The highest BCUT2D eigenvalue weighted by Gasteiger charge is 2.23. The van der Waals surface area contributed by atoms with Gasteiger partial charge in [-0.1, -0.05) is 6.42 Å². The molecule has 2 unspecified atom stereocenters. The zero-order valence-electron chi connectivity index (χ0n) is 8.10. The third kappa shape index (κ3) is 2.20. The van der Waals surface area contributed by atoms with Crippen molar-refractivity contribution in [2.75, 3.05) is 0 Å². The summed E-state index contributed by atoms with van der Waals surface area (Å²) in [4.78, 5) is 8.01. The van der Waals surface area contributed by atoms with Gasteiger partial charge in [0.1, 0.15) is 6.10 Å². The number of ether oxygens (including phenoxy) is 1. The van der Waals surface area contributed by atoms with Crippen LogP contribution >= 0.6 is 0 Å². The van der Waals surface area contributed by atoms with E-state index in [-0.39, 0.29) is 12.1 Å². The molecule has 0 aliphatic heterocycles. The van der Waals surface area contributed by atoms with Crippen molar-refractivity contribution in [3.63, 3.8) is 0 Å². The van der Waals surface area contributed by atoms with Crippen molar-refractivity contribution >= 4 is 0 Å². The first kappa shape index (κ1) is 9.40. The van der Waals surface area contributed by atoms with E-state index in [4.69, 9.17) is 10.5 Å². The number of hydrogen-bond acceptors (Lipinski definition) is 4. The van der Waals surface area contributed by atoms with Crippen molar-refractivity contribution in [2.24, 2.45) is 5.73 Å². The molecule has 2 atom stereocenters. The highest BCUT2D eigenvalue weighted by Crippen LogP contribution is 2.20. The lowest BCUT2D eigenvalue weighted by Gasteiger charge is -2.28. The molecule has 1 heterocycles. The lowest BCUT2D eigenvalue weighted by Crippen LogP contribution is -2.41. The Morgan fingerprint density at radius 3 is 2.86 bits per heavy atom. The third-order valence-electron chi connectivity index (χ3n) is 2.57. The summed E-state index contributed by atoms with van der Waals surface area (Å²) in [5, 5.41) is 0. The SMILES string of the molecule is NC1CCCCC1Oc1cnccn1. The predicted molar refractivity (Wildman–Crippen MR) is 52.9 cm³/mol. The Bertz CT molecular complexity index is 278. The molecule has 1 aliphatic rings. The maximum absolute atomic E-state index is 5.95. The zero-order chi connectivity index (χ0) is 9.80. The van der Waals surface area contributed by atoms with E-state index in [1.165, 1.54) is 12.8 Å². The molecule has 1 fully saturated rings. The van der Waals surface area contributed by atoms with E-state index >= 15 is 0 Å². The largest absolute Gasteiger partial charge is 0.472 e. The van der Waals surface area contributed by atoms with Gasteiger partial charge < -0.3 is 10.5 Å². The molecule has 2 N–H and O–H groups in total. The minimum atomic E-state index is 0.112. The predicted octanol–water partition coefficient (Wildman–Crippen LogP) is 1.13. The standard InChI is InChI=1S/C10H15N3O/c11-8-3-1-2-4-9(8)14-10-7-12-5-6-13-10/h5-9H,1-4,11H2. The zero-order valence-corrected chi connectivity index (χ0v) is 8.10. The van der Waals surface area contributed by atoms with Crippen LogP contribution in [0.3, 0.4) is 0 Å². The molecule has 0 bridgehead atoms. The minimum Gasteiger partial charge on any atom is -0.472 e. The van der Waals surface area contributed by atoms with Crippen molar-refractivity contribution in [1.29, 1.82) is 0 Å². The maximum atomic E-state index is 5.95. The van der Waals surface area contributed by atoms with Crippen LogP contribution in [-0.4, -0.2) is 22.1 Å². The van der Waals surface area contributed by atoms with Gasteiger partial charge >= 0.3 is 0 Å². The fourth-order valence-corrected chi connectivity index (χ4v) is 1.77. The van der Waals surface area contributed by atoms with Gasteiger partial charge in [0.15, 0.2) is 0 Å². The van der Waals surface area contributed by atoms with Crippen LogP contribution in [0.2, 0.25) is 0 Å². The Balaban J connectivity index is 1.96. The van der Waals surface area contributed by atoms with Gasteiger partial charge in [-0.05, 0) is 19.3 Å². The summed E-state index contributed by atoms with van der Waals surface area (Å²) in [7, 11) is 0. The third-order valence-corrected chi connectivity index (χ3v) is 2.57. The molecule has 1 aliphatic carbocycles. The summed E-state index contributed by atoms with van der Waals surface area (Å²) in [6.07, 6.45) is 9.47. The summed E-state index contributed by atoms with van der Waals surface area (Å²) >= 11 is 0. The van der Waals surface area contributed by atoms with E-state index in [2.05, 4.69) is 9.97 Å². The van der Waals surface area contributed by atoms with E-state index in [0.29, 0.717) is 5.88 Å². The molecule has 1 aromatic rings. The number of nitrogens with two attached hydrogens (primary N) is 1. The Labute approximate surface area is 83.5 Å². The fourth-order valence-electron chi connectivity index (χ4n) is 1.77. The molecule has 4 nitrogen and oxygen atoms in total. The Kier molecular flexibility index (Phi) is 2.93. The monoisotopic (exact) mass is 193 g/mol. The first-order valence-electron chi connectivity index (χ1n) is 5.04. The fraction of sp³-hybridized carbons (Fsp3) is 0.600. The summed E-state index contributed by atoms with van der Waals surface area (Å²) in [5.74, 6) is 0.579. The lowest BCUT2D eigenvalue weighted by atomic mass is 9.93. The van der Waals surface area contributed by atoms with E-state index in [1.54, 1.807) is 18.6 Å². The smallest absolute Gasteiger partial charge is 0.232 e. The average molecular weight is 193 g/mol. The van der Waals surface area contributed by atoms with Crippen molar-refractivity contribution in [2.45, 2.75) is 37.8 Å². The second kappa shape index (κ2) is 4.37. The van der Waals surface area contributed by atoms with Crippen LogP contribution < -0.4 is 10.5 Å². The molecular formula is C10H15N3O. The van der Waals surface area contributed by atoms with Crippen LogP contribution in [0.5, 0.6) is 5.88 Å². The highest BCUT2D eigenvalue weighted by atomic mass is 16.5. The lowest BCUT2D eigenvalue weighted by molar-refractivity contribution is 0.126. The molecule has 0 aromatic carbocycles. The number of hydrogen-bond donors (Lipinski definition) is 1. The van der Waals surface area contributed by atoms with Crippen molar-refractivity contribution in [3.8, 4) is 5.88 Å². The molecule has 0 saturated heterocycles. The second-order valence-electron chi connectivity index (χ2n) is 3.65. The Morgan fingerprint density at radius 2 is 2.14 bits per heavy atom. The van der Waals surface area contributed by atoms with Gasteiger partial charge in [-0.3, -0.25) is 4.98 Å². The van der Waals surface area contributed by atoms with Crippen LogP contribution in [0.1, 0.15) is 25.7 Å². The molecule has 14 heavy (non-hydrogen) atoms. The first-order chi connectivity index (χ1) is 6.86. The van der Waals surface area contributed by atoms with Gasteiger partial charge in [0, 0.05) is 18.4 Å². The van der Waals surface area contributed by atoms with Crippen LogP contribution in [0.4, 0.5) is 0 Å². The number of rotatable bonds is 2. The van der Waals surface area contributed by atoms with Crippen molar-refractivity contribution < 1.29 is 4.74 Å². The van der Waals surface area contributed by atoms with Crippen molar-refractivity contribution in [3.05, 3.63) is 18.6 Å². The maximum Gasteiger partial charge on any atom is 0.232 e. The average Bonchev–Trinajstić information content (AvgIpc) is 2.23. The van der Waals surface area contributed by atoms with E-state index < -0.39 is 0 Å². The van der Waals surface area contributed by atoms with Crippen LogP contribution in [0.25, 0.3) is 0 Å². The Hall–Kier alpha value is -1.16. The molecule has 1 aromatic heterocycles. The number of aromatic nitrogens is 2. The van der Waals surface area contributed by atoms with E-state index in [0.717, 1.165) is 12.8 Å². The molecular weight excluding hydrogens is 178 g/mol. The minimum absolute atomic E-state index is 0.112. The van der Waals surface area contributed by atoms with Gasteiger partial charge in [-0.2, -0.15) is 0 Å². The summed E-state index contributed by atoms with van der Waals surface area (Å²) in [6.45, 7) is 0. The molecule has 76 valence electrons. The quantitative estimate of drug-likeness (QED) is 0.764. The molecule has 0 spiro atoms. The van der Waals surface area contributed by atoms with Gasteiger partial charge in [0.25, 0.3) is 0 Å². The van der Waals surface area contributed by atoms with Gasteiger partial charge in [-0.15, -0.1) is 0 Å². The molecule has 2 rings (SSSR count). The number of nitrogens with zero attached hydrogens (tertiary/aromatic N) is 2. The van der Waals surface area contributed by atoms with Crippen molar-refractivity contribution in [1.82, 2.24) is 9.97 Å². The molecule has 0 amide bonds. The van der Waals surface area contributed by atoms with E-state index in [1.807, 2.05) is 0 Å². The topological polar surface area (TPSA) is 61.0 Å². The van der Waals surface area contributed by atoms with E-state index in [9.17, 15) is 0 Å². The summed E-state index contributed by atoms with van der Waals surface area (Å²) < 4.78 is 5.67. The second-order valence-corrected chi connectivity index (χ2v) is 3.65. The molecule has 0 radical (unpaired) electrons. The van der Waals surface area contributed by atoms with Gasteiger partial charge in [-0.25, -0.2) is 4.98 Å². The van der Waals surface area contributed by atoms with Crippen LogP contribution in [-0.2, 0) is 0 Å². The highest BCUT2D eigenvalue weighted by molar-refractivity contribution is 5.03. The normalized spacial score (nSPS) is 27.2. The molecule has 4 heteroatoms. The van der Waals surface area contributed by atoms with Crippen LogP contribution in [0, 0.1) is 0 Å². The summed E-state index contributed by atoms with van der Waals surface area (Å²) in [5.41, 5.74) is 5.95. The Morgan fingerprint density at radius 1 is 1.29 bits per heavy atom. The molecule has 1 saturated carbocycles. The van der Waals surface area contributed by atoms with Gasteiger partial charge in [0.2, 0.25) is 5.88 Å². The summed E-state index contributed by atoms with van der Waals surface area (Å²) in [6, 6.07) is 0.144. The van der Waals surface area contributed by atoms with Crippen LogP contribution in [0.15, 0.2) is 18.6 Å². The first-order valence-corrected chi connectivity index (χ1v) is 5.04.